The zero-order chi connectivity index (χ0) is 30.6. The number of rotatable bonds is 6. The van der Waals surface area contributed by atoms with Crippen LogP contribution in [-0.2, 0) is 4.79 Å². The summed E-state index contributed by atoms with van der Waals surface area (Å²) in [6.07, 6.45) is 0.281. The molecule has 0 fully saturated rings. The van der Waals surface area contributed by atoms with Gasteiger partial charge in [0.1, 0.15) is 0 Å². The molecule has 0 saturated heterocycles. The Kier molecular flexibility index (Phi) is 8.48. The second kappa shape index (κ2) is 12.4. The SMILES string of the molecule is CC(C)NC(=O)C=C1c2ccccc2N(C(=O)c2ccc(NC(=O)c3ccccc3-c3ccccc3)cc2)CCC1(F)F. The first-order chi connectivity index (χ1) is 20.6. The van der Waals surface area contributed by atoms with Gasteiger partial charge in [-0.15, -0.1) is 0 Å². The van der Waals surface area contributed by atoms with Crippen molar-refractivity contribution in [3.8, 4) is 11.1 Å². The number of halogens is 2. The summed E-state index contributed by atoms with van der Waals surface area (Å²) in [6.45, 7) is 3.24. The fraction of sp³-hybridized carbons (Fsp3) is 0.171. The van der Waals surface area contributed by atoms with Gasteiger partial charge < -0.3 is 15.5 Å². The van der Waals surface area contributed by atoms with Gasteiger partial charge in [0.25, 0.3) is 17.7 Å². The van der Waals surface area contributed by atoms with E-state index in [2.05, 4.69) is 10.6 Å². The van der Waals surface area contributed by atoms with Gasteiger partial charge in [0.2, 0.25) is 5.91 Å². The maximum atomic E-state index is 15.4. The summed E-state index contributed by atoms with van der Waals surface area (Å²) >= 11 is 0. The van der Waals surface area contributed by atoms with Gasteiger partial charge >= 0.3 is 0 Å². The van der Waals surface area contributed by atoms with Crippen LogP contribution in [0, 0.1) is 0 Å². The van der Waals surface area contributed by atoms with Crippen LogP contribution in [0.25, 0.3) is 16.7 Å². The van der Waals surface area contributed by atoms with Crippen molar-refractivity contribution in [2.24, 2.45) is 0 Å². The molecule has 5 rings (SSSR count). The molecular formula is C35H31F2N3O3. The van der Waals surface area contributed by atoms with Crippen LogP contribution >= 0.6 is 0 Å². The van der Waals surface area contributed by atoms with E-state index in [1.807, 2.05) is 42.5 Å². The Morgan fingerprint density at radius 1 is 0.814 bits per heavy atom. The Morgan fingerprint density at radius 2 is 1.44 bits per heavy atom. The number of carbonyl (C=O) groups excluding carboxylic acids is 3. The van der Waals surface area contributed by atoms with Crippen LogP contribution < -0.4 is 15.5 Å². The van der Waals surface area contributed by atoms with Crippen molar-refractivity contribution in [2.45, 2.75) is 32.2 Å². The molecule has 4 aromatic carbocycles. The lowest BCUT2D eigenvalue weighted by atomic mass is 9.97. The lowest BCUT2D eigenvalue weighted by Crippen LogP contribution is -2.33. The van der Waals surface area contributed by atoms with Gasteiger partial charge in [0.15, 0.2) is 0 Å². The third-order valence-electron chi connectivity index (χ3n) is 7.13. The Morgan fingerprint density at radius 3 is 2.14 bits per heavy atom. The summed E-state index contributed by atoms with van der Waals surface area (Å²) in [5.74, 6) is -4.72. The maximum absolute atomic E-state index is 15.4. The van der Waals surface area contributed by atoms with Crippen LogP contribution in [-0.4, -0.2) is 36.2 Å². The van der Waals surface area contributed by atoms with Crippen LogP contribution in [0.15, 0.2) is 109 Å². The van der Waals surface area contributed by atoms with E-state index in [4.69, 9.17) is 0 Å². The number of anilines is 2. The zero-order valence-corrected chi connectivity index (χ0v) is 23.8. The molecule has 0 bridgehead atoms. The van der Waals surface area contributed by atoms with Crippen molar-refractivity contribution >= 4 is 34.7 Å². The van der Waals surface area contributed by atoms with Crippen molar-refractivity contribution in [1.29, 1.82) is 0 Å². The number of para-hydroxylation sites is 1. The highest BCUT2D eigenvalue weighted by atomic mass is 19.3. The van der Waals surface area contributed by atoms with Crippen LogP contribution in [0.3, 0.4) is 0 Å². The molecule has 0 atom stereocenters. The smallest absolute Gasteiger partial charge is 0.275 e. The Labute approximate surface area is 249 Å². The second-order valence-corrected chi connectivity index (χ2v) is 10.6. The molecule has 1 aliphatic rings. The number of fused-ring (bicyclic) bond motifs is 1. The molecule has 0 aromatic heterocycles. The van der Waals surface area contributed by atoms with Crippen molar-refractivity contribution in [2.75, 3.05) is 16.8 Å². The monoisotopic (exact) mass is 579 g/mol. The molecule has 1 aliphatic heterocycles. The van der Waals surface area contributed by atoms with Crippen LogP contribution in [0.2, 0.25) is 0 Å². The highest BCUT2D eigenvalue weighted by Gasteiger charge is 2.41. The molecule has 43 heavy (non-hydrogen) atoms. The first kappa shape index (κ1) is 29.4. The zero-order valence-electron chi connectivity index (χ0n) is 23.8. The fourth-order valence-corrected chi connectivity index (χ4v) is 5.09. The minimum absolute atomic E-state index is 0.123. The van der Waals surface area contributed by atoms with Crippen LogP contribution in [0.1, 0.15) is 46.5 Å². The van der Waals surface area contributed by atoms with Crippen molar-refractivity contribution in [1.82, 2.24) is 5.32 Å². The molecule has 218 valence electrons. The standard InChI is InChI=1S/C35H31F2N3O3/c1-23(2)38-32(41)22-30-29-14-8-9-15-31(29)40(21-20-35(30,36)37)34(43)25-16-18-26(19-17-25)39-33(42)28-13-7-6-12-27(28)24-10-4-3-5-11-24/h3-19,22-23H,20-21H2,1-2H3,(H,38,41)(H,39,42). The number of allylic oxidation sites excluding steroid dienone is 1. The third kappa shape index (κ3) is 6.54. The van der Waals surface area contributed by atoms with Crippen molar-refractivity contribution < 1.29 is 23.2 Å². The molecule has 8 heteroatoms. The van der Waals surface area contributed by atoms with E-state index >= 15 is 8.78 Å². The van der Waals surface area contributed by atoms with E-state index in [1.165, 1.54) is 11.0 Å². The minimum Gasteiger partial charge on any atom is -0.350 e. The van der Waals surface area contributed by atoms with E-state index < -0.39 is 29.7 Å². The van der Waals surface area contributed by atoms with Gasteiger partial charge in [-0.25, -0.2) is 8.78 Å². The highest BCUT2D eigenvalue weighted by molar-refractivity contribution is 6.11. The Balaban J connectivity index is 1.38. The fourth-order valence-electron chi connectivity index (χ4n) is 5.09. The van der Waals surface area contributed by atoms with Gasteiger partial charge in [0.05, 0.1) is 5.69 Å². The lowest BCUT2D eigenvalue weighted by molar-refractivity contribution is -0.117. The molecule has 1 heterocycles. The lowest BCUT2D eigenvalue weighted by Gasteiger charge is -2.23. The molecule has 0 radical (unpaired) electrons. The molecule has 0 aliphatic carbocycles. The number of benzene rings is 4. The van der Waals surface area contributed by atoms with Gasteiger partial charge in [-0.3, -0.25) is 14.4 Å². The molecule has 0 saturated carbocycles. The predicted octanol–water partition coefficient (Wildman–Crippen LogP) is 7.20. The largest absolute Gasteiger partial charge is 0.350 e. The summed E-state index contributed by atoms with van der Waals surface area (Å²) in [4.78, 5) is 40.6. The molecule has 0 unspecified atom stereocenters. The Hall–Kier alpha value is -5.11. The van der Waals surface area contributed by atoms with Gasteiger partial charge in [-0.2, -0.15) is 0 Å². The number of amides is 3. The van der Waals surface area contributed by atoms with Gasteiger partial charge in [-0.05, 0) is 61.4 Å². The number of hydrogen-bond acceptors (Lipinski definition) is 3. The summed E-state index contributed by atoms with van der Waals surface area (Å²) in [6, 6.07) is 29.4. The average Bonchev–Trinajstić information content (AvgIpc) is 3.11. The average molecular weight is 580 g/mol. The first-order valence-electron chi connectivity index (χ1n) is 14.0. The summed E-state index contributed by atoms with van der Waals surface area (Å²) in [7, 11) is 0. The molecule has 0 spiro atoms. The summed E-state index contributed by atoms with van der Waals surface area (Å²) in [5, 5.41) is 5.50. The summed E-state index contributed by atoms with van der Waals surface area (Å²) in [5.41, 5.74) is 2.95. The summed E-state index contributed by atoms with van der Waals surface area (Å²) < 4.78 is 30.7. The number of hydrogen-bond donors (Lipinski definition) is 2. The molecule has 4 aromatic rings. The quantitative estimate of drug-likeness (QED) is 0.237. The number of alkyl halides is 2. The van der Waals surface area contributed by atoms with E-state index in [0.717, 1.165) is 17.2 Å². The van der Waals surface area contributed by atoms with Gasteiger partial charge in [-0.1, -0.05) is 66.7 Å². The second-order valence-electron chi connectivity index (χ2n) is 10.6. The first-order valence-corrected chi connectivity index (χ1v) is 14.0. The van der Waals surface area contributed by atoms with Gasteiger partial charge in [0, 0.05) is 53.0 Å². The predicted molar refractivity (Wildman–Crippen MR) is 165 cm³/mol. The normalized spacial score (nSPS) is 15.0. The number of nitrogens with zero attached hydrogens (tertiary/aromatic N) is 1. The topological polar surface area (TPSA) is 78.5 Å². The van der Waals surface area contributed by atoms with E-state index in [-0.39, 0.29) is 29.6 Å². The van der Waals surface area contributed by atoms with E-state index in [1.54, 1.807) is 68.4 Å². The van der Waals surface area contributed by atoms with Crippen molar-refractivity contribution in [3.63, 3.8) is 0 Å². The van der Waals surface area contributed by atoms with Crippen LogP contribution in [0.5, 0.6) is 0 Å². The highest BCUT2D eigenvalue weighted by Crippen LogP contribution is 2.43. The molecule has 3 amide bonds. The number of nitrogens with one attached hydrogen (secondary N) is 2. The van der Waals surface area contributed by atoms with Crippen LogP contribution in [0.4, 0.5) is 20.2 Å². The molecular weight excluding hydrogens is 548 g/mol. The van der Waals surface area contributed by atoms with Crippen molar-refractivity contribution in [3.05, 3.63) is 126 Å². The molecule has 2 N–H and O–H groups in total. The minimum atomic E-state index is -3.33. The Bertz CT molecular complexity index is 1680. The maximum Gasteiger partial charge on any atom is 0.275 e. The molecule has 6 nitrogen and oxygen atoms in total. The number of carbonyl (C=O) groups is 3. The van der Waals surface area contributed by atoms with E-state index in [0.29, 0.717) is 16.9 Å². The third-order valence-corrected chi connectivity index (χ3v) is 7.13. The van der Waals surface area contributed by atoms with E-state index in [9.17, 15) is 14.4 Å².